The summed E-state index contributed by atoms with van der Waals surface area (Å²) < 4.78 is 0. The average Bonchev–Trinajstić information content (AvgIpc) is 3.30. The highest BCUT2D eigenvalue weighted by Gasteiger charge is 2.54. The molecule has 3 heteroatoms. The van der Waals surface area contributed by atoms with E-state index in [1.54, 1.807) is 10.4 Å². The number of rotatable bonds is 1. The number of hydrogen-bond donors (Lipinski definition) is 0. The normalized spacial score (nSPS) is 18.0. The van der Waals surface area contributed by atoms with Crippen molar-refractivity contribution in [3.63, 3.8) is 0 Å². The van der Waals surface area contributed by atoms with E-state index in [9.17, 15) is 0 Å². The maximum atomic E-state index is 6.48. The quantitative estimate of drug-likeness (QED) is 0.341. The van der Waals surface area contributed by atoms with E-state index in [4.69, 9.17) is 23.2 Å². The third-order valence-corrected chi connectivity index (χ3v) is 12.4. The molecular formula is C27H20Cl2Si. The number of halogens is 2. The fourth-order valence-electron chi connectivity index (χ4n) is 5.97. The Kier molecular flexibility index (Phi) is 3.75. The van der Waals surface area contributed by atoms with Crippen LogP contribution in [0.1, 0.15) is 36.1 Å². The largest absolute Gasteiger partial charge is 0.147 e. The molecule has 0 saturated heterocycles. The first-order valence-corrected chi connectivity index (χ1v) is 13.5. The lowest BCUT2D eigenvalue weighted by Gasteiger charge is -2.29. The molecule has 30 heavy (non-hydrogen) atoms. The molecule has 0 radical (unpaired) electrons. The highest BCUT2D eigenvalue weighted by Crippen LogP contribution is 2.62. The zero-order chi connectivity index (χ0) is 20.8. The van der Waals surface area contributed by atoms with Gasteiger partial charge in [0.15, 0.2) is 0 Å². The SMILES string of the molecule is CC1=C2C(=C3C(=C(C)c4ccc(Cl)cc43)[Si]2(C)c2ccccc2)c2cc(Cl)ccc21. The topological polar surface area (TPSA) is 0 Å². The molecule has 3 aromatic rings. The predicted molar refractivity (Wildman–Crippen MR) is 133 cm³/mol. The van der Waals surface area contributed by atoms with E-state index < -0.39 is 8.07 Å². The zero-order valence-electron chi connectivity index (χ0n) is 17.1. The van der Waals surface area contributed by atoms with Crippen LogP contribution in [-0.2, 0) is 0 Å². The van der Waals surface area contributed by atoms with Crippen LogP contribution < -0.4 is 5.19 Å². The first kappa shape index (κ1) is 18.4. The summed E-state index contributed by atoms with van der Waals surface area (Å²) in [6.07, 6.45) is 0. The molecule has 3 aromatic carbocycles. The molecule has 0 spiro atoms. The van der Waals surface area contributed by atoms with Crippen LogP contribution in [0.2, 0.25) is 16.6 Å². The maximum absolute atomic E-state index is 6.48. The Morgan fingerprint density at radius 3 is 1.53 bits per heavy atom. The zero-order valence-corrected chi connectivity index (χ0v) is 19.6. The number of hydrogen-bond acceptors (Lipinski definition) is 0. The van der Waals surface area contributed by atoms with Gasteiger partial charge >= 0.3 is 0 Å². The van der Waals surface area contributed by atoms with Gasteiger partial charge in [0.05, 0.1) is 0 Å². The molecule has 1 aliphatic heterocycles. The lowest BCUT2D eigenvalue weighted by atomic mass is 9.96. The van der Waals surface area contributed by atoms with E-state index in [1.165, 1.54) is 49.7 Å². The first-order chi connectivity index (χ1) is 14.4. The Morgan fingerprint density at radius 2 is 1.07 bits per heavy atom. The van der Waals surface area contributed by atoms with Crippen molar-refractivity contribution < 1.29 is 0 Å². The second-order valence-corrected chi connectivity index (χ2v) is 13.3. The maximum Gasteiger partial charge on any atom is 0.147 e. The van der Waals surface area contributed by atoms with Crippen LogP contribution in [0.4, 0.5) is 0 Å². The van der Waals surface area contributed by atoms with Crippen LogP contribution >= 0.6 is 23.2 Å². The van der Waals surface area contributed by atoms with Crippen molar-refractivity contribution in [1.82, 2.24) is 0 Å². The average molecular weight is 443 g/mol. The van der Waals surface area contributed by atoms with Crippen LogP contribution in [-0.4, -0.2) is 8.07 Å². The Hall–Kier alpha value is -2.32. The Morgan fingerprint density at radius 1 is 0.600 bits per heavy atom. The van der Waals surface area contributed by atoms with Crippen LogP contribution in [0, 0.1) is 0 Å². The summed E-state index contributed by atoms with van der Waals surface area (Å²) in [6.45, 7) is 7.10. The molecule has 0 nitrogen and oxygen atoms in total. The van der Waals surface area contributed by atoms with Crippen molar-refractivity contribution in [3.05, 3.63) is 109 Å². The van der Waals surface area contributed by atoms with Gasteiger partial charge in [0.25, 0.3) is 0 Å². The van der Waals surface area contributed by atoms with E-state index in [1.807, 2.05) is 12.1 Å². The van der Waals surface area contributed by atoms with E-state index in [-0.39, 0.29) is 0 Å². The highest BCUT2D eigenvalue weighted by molar-refractivity contribution is 7.09. The van der Waals surface area contributed by atoms with Crippen molar-refractivity contribution >= 4 is 58.8 Å². The molecule has 6 rings (SSSR count). The van der Waals surface area contributed by atoms with Crippen LogP contribution in [0.25, 0.3) is 22.3 Å². The molecule has 146 valence electrons. The minimum Gasteiger partial charge on any atom is -0.0843 e. The second kappa shape index (κ2) is 6.10. The van der Waals surface area contributed by atoms with Crippen LogP contribution in [0.3, 0.4) is 0 Å². The van der Waals surface area contributed by atoms with E-state index in [0.29, 0.717) is 0 Å². The predicted octanol–water partition coefficient (Wildman–Crippen LogP) is 7.56. The van der Waals surface area contributed by atoms with Gasteiger partial charge in [0, 0.05) is 10.0 Å². The fourth-order valence-corrected chi connectivity index (χ4v) is 11.3. The Bertz CT molecular complexity index is 1290. The molecular weight excluding hydrogens is 423 g/mol. The monoisotopic (exact) mass is 442 g/mol. The molecule has 0 N–H and O–H groups in total. The molecule has 0 saturated carbocycles. The smallest absolute Gasteiger partial charge is 0.0843 e. The summed E-state index contributed by atoms with van der Waals surface area (Å²) in [5, 5.41) is 6.12. The fraction of sp³-hybridized carbons (Fsp3) is 0.111. The molecule has 0 aromatic heterocycles. The summed E-state index contributed by atoms with van der Waals surface area (Å²) in [7, 11) is -2.18. The summed E-state index contributed by atoms with van der Waals surface area (Å²) in [4.78, 5) is 0. The van der Waals surface area contributed by atoms with Crippen molar-refractivity contribution in [1.29, 1.82) is 0 Å². The number of fused-ring (bicyclic) bond motifs is 6. The van der Waals surface area contributed by atoms with Crippen LogP contribution in [0.5, 0.6) is 0 Å². The molecule has 0 atom stereocenters. The third kappa shape index (κ3) is 2.13. The van der Waals surface area contributed by atoms with Gasteiger partial charge in [-0.2, -0.15) is 0 Å². The molecule has 1 heterocycles. The van der Waals surface area contributed by atoms with Crippen molar-refractivity contribution in [2.24, 2.45) is 0 Å². The van der Waals surface area contributed by atoms with Gasteiger partial charge < -0.3 is 0 Å². The van der Waals surface area contributed by atoms with Crippen molar-refractivity contribution in [2.45, 2.75) is 20.4 Å². The number of benzene rings is 3. The van der Waals surface area contributed by atoms with Gasteiger partial charge in [0.2, 0.25) is 0 Å². The van der Waals surface area contributed by atoms with Gasteiger partial charge in [-0.3, -0.25) is 0 Å². The standard InChI is InChI=1S/C27H20Cl2Si/c1-15-20-11-9-17(28)13-22(20)24-25-23-14-18(29)10-12-21(23)16(2)27(25)30(3,26(15)24)19-7-5-4-6-8-19/h4-14H,1-3H3. The Labute approximate surface area is 188 Å². The molecule has 0 amide bonds. The Balaban J connectivity index is 1.80. The second-order valence-electron chi connectivity index (χ2n) is 8.62. The van der Waals surface area contributed by atoms with Crippen molar-refractivity contribution in [2.75, 3.05) is 0 Å². The number of allylic oxidation sites excluding steroid dienone is 6. The third-order valence-electron chi connectivity index (χ3n) is 7.16. The van der Waals surface area contributed by atoms with E-state index in [2.05, 4.69) is 75.0 Å². The molecule has 2 aliphatic carbocycles. The minimum atomic E-state index is -2.18. The molecule has 0 fully saturated rings. The lowest BCUT2D eigenvalue weighted by molar-refractivity contribution is 1.55. The van der Waals surface area contributed by atoms with Gasteiger partial charge in [0.1, 0.15) is 8.07 Å². The molecule has 0 unspecified atom stereocenters. The highest BCUT2D eigenvalue weighted by atomic mass is 35.5. The van der Waals surface area contributed by atoms with Crippen molar-refractivity contribution in [3.8, 4) is 0 Å². The minimum absolute atomic E-state index is 0.789. The first-order valence-electron chi connectivity index (χ1n) is 10.3. The van der Waals surface area contributed by atoms with Gasteiger partial charge in [-0.15, -0.1) is 0 Å². The summed E-state index contributed by atoms with van der Waals surface area (Å²) in [5.74, 6) is 0. The molecule has 3 aliphatic rings. The van der Waals surface area contributed by atoms with Crippen LogP contribution in [0.15, 0.2) is 77.1 Å². The summed E-state index contributed by atoms with van der Waals surface area (Å²) >= 11 is 13.0. The molecule has 0 bridgehead atoms. The van der Waals surface area contributed by atoms with Gasteiger partial charge in [-0.05, 0) is 98.2 Å². The lowest BCUT2D eigenvalue weighted by Crippen LogP contribution is -2.47. The summed E-state index contributed by atoms with van der Waals surface area (Å²) in [5.41, 5.74) is 10.8. The van der Waals surface area contributed by atoms with E-state index in [0.717, 1.165) is 10.0 Å². The van der Waals surface area contributed by atoms with E-state index >= 15 is 0 Å². The van der Waals surface area contributed by atoms with Gasteiger partial charge in [-0.25, -0.2) is 0 Å². The summed E-state index contributed by atoms with van der Waals surface area (Å²) in [6, 6.07) is 23.8. The van der Waals surface area contributed by atoms with Gasteiger partial charge in [-0.1, -0.05) is 72.2 Å².